The number of anilines is 1. The number of halogens is 3. The average molecular weight is 395 g/mol. The predicted molar refractivity (Wildman–Crippen MR) is 97.2 cm³/mol. The van der Waals surface area contributed by atoms with E-state index < -0.39 is 17.7 Å². The topological polar surface area (TPSA) is 62.7 Å². The fourth-order valence-corrected chi connectivity index (χ4v) is 3.30. The zero-order chi connectivity index (χ0) is 20.5. The van der Waals surface area contributed by atoms with Crippen LogP contribution in [0.4, 0.5) is 18.9 Å². The highest BCUT2D eigenvalue weighted by atomic mass is 19.4. The van der Waals surface area contributed by atoms with Crippen LogP contribution in [0.1, 0.15) is 29.8 Å². The van der Waals surface area contributed by atoms with E-state index in [9.17, 15) is 22.8 Å². The Kier molecular flexibility index (Phi) is 5.44. The van der Waals surface area contributed by atoms with Gasteiger partial charge in [0.05, 0.1) is 23.4 Å². The van der Waals surface area contributed by atoms with Crippen molar-refractivity contribution in [1.29, 1.82) is 0 Å². The summed E-state index contributed by atoms with van der Waals surface area (Å²) in [6, 6.07) is 3.29. The zero-order valence-corrected chi connectivity index (χ0v) is 15.5. The lowest BCUT2D eigenvalue weighted by Crippen LogP contribution is -2.48. The summed E-state index contributed by atoms with van der Waals surface area (Å²) in [6.45, 7) is 5.15. The van der Waals surface area contributed by atoms with Crippen LogP contribution in [-0.2, 0) is 15.7 Å². The zero-order valence-electron chi connectivity index (χ0n) is 15.5. The van der Waals surface area contributed by atoms with Crippen molar-refractivity contribution in [3.05, 3.63) is 35.5 Å². The van der Waals surface area contributed by atoms with Crippen LogP contribution in [0.25, 0.3) is 10.9 Å². The molecular weight excluding hydrogens is 375 g/mol. The molecule has 1 aliphatic rings. The molecule has 1 aromatic heterocycles. The summed E-state index contributed by atoms with van der Waals surface area (Å²) in [6.07, 6.45) is -3.23. The van der Waals surface area contributed by atoms with E-state index in [1.807, 2.05) is 4.90 Å². The first-order valence-electron chi connectivity index (χ1n) is 8.90. The molecule has 2 aromatic rings. The van der Waals surface area contributed by atoms with Crippen molar-refractivity contribution in [2.75, 3.05) is 37.7 Å². The maximum atomic E-state index is 13.0. The van der Waals surface area contributed by atoms with Gasteiger partial charge in [0.25, 0.3) is 0 Å². The second kappa shape index (κ2) is 7.65. The highest BCUT2D eigenvalue weighted by Gasteiger charge is 2.32. The normalized spacial score (nSPS) is 15.0. The van der Waals surface area contributed by atoms with Gasteiger partial charge in [-0.25, -0.2) is 4.79 Å². The molecule has 9 heteroatoms. The number of fused-ring (bicyclic) bond motifs is 1. The number of esters is 1. The lowest BCUT2D eigenvalue weighted by atomic mass is 10.0. The molecule has 0 N–H and O–H groups in total. The van der Waals surface area contributed by atoms with Gasteiger partial charge in [0, 0.05) is 44.7 Å². The molecule has 0 spiro atoms. The molecule has 3 rings (SSSR count). The predicted octanol–water partition coefficient (Wildman–Crippen LogP) is 3.10. The van der Waals surface area contributed by atoms with Crippen molar-refractivity contribution in [3.63, 3.8) is 0 Å². The van der Waals surface area contributed by atoms with E-state index in [-0.39, 0.29) is 23.6 Å². The first kappa shape index (κ1) is 19.9. The van der Waals surface area contributed by atoms with E-state index in [4.69, 9.17) is 4.74 Å². The molecule has 0 unspecified atom stereocenters. The molecule has 0 saturated carbocycles. The Morgan fingerprint density at radius 2 is 1.86 bits per heavy atom. The van der Waals surface area contributed by atoms with E-state index in [0.717, 1.165) is 12.1 Å². The molecule has 1 fully saturated rings. The molecule has 28 heavy (non-hydrogen) atoms. The number of rotatable bonds is 3. The van der Waals surface area contributed by atoms with E-state index in [1.54, 1.807) is 11.8 Å². The minimum absolute atomic E-state index is 0.0420. The summed E-state index contributed by atoms with van der Waals surface area (Å²) in [5.41, 5.74) is 0.0290. The summed E-state index contributed by atoms with van der Waals surface area (Å²) < 4.78 is 44.2. The van der Waals surface area contributed by atoms with Crippen LogP contribution < -0.4 is 4.90 Å². The largest absolute Gasteiger partial charge is 0.462 e. The number of nitrogens with zero attached hydrogens (tertiary/aromatic N) is 3. The van der Waals surface area contributed by atoms with E-state index >= 15 is 0 Å². The van der Waals surface area contributed by atoms with Crippen molar-refractivity contribution >= 4 is 28.5 Å². The van der Waals surface area contributed by atoms with Gasteiger partial charge in [-0.2, -0.15) is 13.2 Å². The van der Waals surface area contributed by atoms with Gasteiger partial charge in [0.15, 0.2) is 0 Å². The van der Waals surface area contributed by atoms with Gasteiger partial charge >= 0.3 is 12.1 Å². The second-order valence-electron chi connectivity index (χ2n) is 6.46. The number of aromatic nitrogens is 1. The number of benzene rings is 1. The van der Waals surface area contributed by atoms with Crippen LogP contribution in [0, 0.1) is 0 Å². The van der Waals surface area contributed by atoms with Crippen molar-refractivity contribution in [2.45, 2.75) is 20.0 Å². The third kappa shape index (κ3) is 3.88. The first-order valence-corrected chi connectivity index (χ1v) is 8.90. The molecule has 1 amide bonds. The summed E-state index contributed by atoms with van der Waals surface area (Å²) in [5.74, 6) is -0.625. The van der Waals surface area contributed by atoms with E-state index in [1.165, 1.54) is 19.2 Å². The number of carbonyl (C=O) groups excluding carboxylic acids is 2. The SMILES string of the molecule is CCOC(=O)c1cnc2cc(C(F)(F)F)ccc2c1N1CCN(C(C)=O)CC1. The van der Waals surface area contributed by atoms with Crippen LogP contribution in [0.2, 0.25) is 0 Å². The Morgan fingerprint density at radius 3 is 2.43 bits per heavy atom. The molecule has 0 bridgehead atoms. The monoisotopic (exact) mass is 395 g/mol. The molecule has 0 aliphatic carbocycles. The Hall–Kier alpha value is -2.84. The smallest absolute Gasteiger partial charge is 0.416 e. The second-order valence-corrected chi connectivity index (χ2v) is 6.46. The number of amides is 1. The standard InChI is InChI=1S/C19H20F3N3O3/c1-3-28-18(27)15-11-23-16-10-13(19(20,21)22)4-5-14(16)17(15)25-8-6-24(7-9-25)12(2)26/h4-5,10-11H,3,6-9H2,1-2H3. The Morgan fingerprint density at radius 1 is 1.18 bits per heavy atom. The van der Waals surface area contributed by atoms with Crippen molar-refractivity contribution < 1.29 is 27.5 Å². The van der Waals surface area contributed by atoms with Crippen LogP contribution in [-0.4, -0.2) is 54.5 Å². The van der Waals surface area contributed by atoms with Gasteiger partial charge in [-0.15, -0.1) is 0 Å². The van der Waals surface area contributed by atoms with Crippen molar-refractivity contribution in [2.24, 2.45) is 0 Å². The molecule has 2 heterocycles. The van der Waals surface area contributed by atoms with Gasteiger partial charge < -0.3 is 14.5 Å². The van der Waals surface area contributed by atoms with Crippen LogP contribution in [0.15, 0.2) is 24.4 Å². The van der Waals surface area contributed by atoms with Gasteiger partial charge in [-0.05, 0) is 19.1 Å². The number of carbonyl (C=O) groups is 2. The van der Waals surface area contributed by atoms with Gasteiger partial charge in [0.1, 0.15) is 5.56 Å². The summed E-state index contributed by atoms with van der Waals surface area (Å²) in [7, 11) is 0. The Bertz CT molecular complexity index is 906. The van der Waals surface area contributed by atoms with E-state index in [0.29, 0.717) is 37.3 Å². The molecule has 1 aromatic carbocycles. The Balaban J connectivity index is 2.09. The Labute approximate surface area is 159 Å². The van der Waals surface area contributed by atoms with Crippen LogP contribution >= 0.6 is 0 Å². The number of hydrogen-bond acceptors (Lipinski definition) is 5. The summed E-state index contributed by atoms with van der Waals surface area (Å²) >= 11 is 0. The fourth-order valence-electron chi connectivity index (χ4n) is 3.30. The van der Waals surface area contributed by atoms with Crippen molar-refractivity contribution in [3.8, 4) is 0 Å². The maximum Gasteiger partial charge on any atom is 0.416 e. The molecule has 6 nitrogen and oxygen atoms in total. The van der Waals surface area contributed by atoms with Crippen LogP contribution in [0.5, 0.6) is 0 Å². The molecule has 150 valence electrons. The number of alkyl halides is 3. The van der Waals surface area contributed by atoms with Gasteiger partial charge in [-0.3, -0.25) is 9.78 Å². The quantitative estimate of drug-likeness (QED) is 0.748. The molecule has 0 radical (unpaired) electrons. The molecule has 0 atom stereocenters. The van der Waals surface area contributed by atoms with Gasteiger partial charge in [-0.1, -0.05) is 6.07 Å². The molecular formula is C19H20F3N3O3. The fraction of sp³-hybridized carbons (Fsp3) is 0.421. The summed E-state index contributed by atoms with van der Waals surface area (Å²) in [5, 5.41) is 0.440. The average Bonchev–Trinajstić information content (AvgIpc) is 2.66. The first-order chi connectivity index (χ1) is 13.2. The maximum absolute atomic E-state index is 13.0. The lowest BCUT2D eigenvalue weighted by Gasteiger charge is -2.36. The third-order valence-corrected chi connectivity index (χ3v) is 4.70. The van der Waals surface area contributed by atoms with Gasteiger partial charge in [0.2, 0.25) is 5.91 Å². The van der Waals surface area contributed by atoms with Crippen LogP contribution in [0.3, 0.4) is 0 Å². The molecule has 1 saturated heterocycles. The minimum Gasteiger partial charge on any atom is -0.462 e. The molecule has 1 aliphatic heterocycles. The third-order valence-electron chi connectivity index (χ3n) is 4.70. The highest BCUT2D eigenvalue weighted by Crippen LogP contribution is 2.35. The number of pyridine rings is 1. The van der Waals surface area contributed by atoms with Crippen molar-refractivity contribution in [1.82, 2.24) is 9.88 Å². The summed E-state index contributed by atoms with van der Waals surface area (Å²) in [4.78, 5) is 31.6. The lowest BCUT2D eigenvalue weighted by molar-refractivity contribution is -0.137. The highest BCUT2D eigenvalue weighted by molar-refractivity contribution is 6.05. The number of ether oxygens (including phenoxy) is 1. The number of hydrogen-bond donors (Lipinski definition) is 0. The number of piperazine rings is 1. The van der Waals surface area contributed by atoms with E-state index in [2.05, 4.69) is 4.98 Å². The minimum atomic E-state index is -4.48.